The smallest absolute Gasteiger partial charge is 0.410 e. The number of aliphatic hydroxyl groups is 1. The van der Waals surface area contributed by atoms with Gasteiger partial charge in [0.2, 0.25) is 0 Å². The van der Waals surface area contributed by atoms with Gasteiger partial charge in [-0.15, -0.1) is 17.8 Å². The second-order valence-corrected chi connectivity index (χ2v) is 8.47. The van der Waals surface area contributed by atoms with E-state index in [2.05, 4.69) is 5.92 Å². The van der Waals surface area contributed by atoms with Crippen molar-refractivity contribution < 1.29 is 14.6 Å². The first kappa shape index (κ1) is 16.4. The second kappa shape index (κ2) is 5.85. The van der Waals surface area contributed by atoms with Gasteiger partial charge in [-0.3, -0.25) is 0 Å². The quantitative estimate of drug-likeness (QED) is 0.840. The molecule has 124 valence electrons. The number of thiophene rings is 1. The number of amides is 1. The fourth-order valence-corrected chi connectivity index (χ4v) is 4.24. The van der Waals surface area contributed by atoms with Crippen LogP contribution in [0.4, 0.5) is 4.79 Å². The fraction of sp³-hybridized carbons (Fsp3) is 0.611. The summed E-state index contributed by atoms with van der Waals surface area (Å²) >= 11 is 1.57. The van der Waals surface area contributed by atoms with Crippen molar-refractivity contribution in [3.8, 4) is 12.3 Å². The van der Waals surface area contributed by atoms with Crippen LogP contribution in [0.5, 0.6) is 0 Å². The van der Waals surface area contributed by atoms with E-state index in [1.165, 1.54) is 4.88 Å². The molecule has 1 amide bonds. The highest BCUT2D eigenvalue weighted by Crippen LogP contribution is 2.49. The lowest BCUT2D eigenvalue weighted by atomic mass is 9.95. The van der Waals surface area contributed by atoms with E-state index in [1.807, 2.05) is 31.7 Å². The summed E-state index contributed by atoms with van der Waals surface area (Å²) in [6.45, 7) is 6.32. The predicted octanol–water partition coefficient (Wildman–Crippen LogP) is 3.66. The van der Waals surface area contributed by atoms with Crippen LogP contribution in [-0.2, 0) is 11.2 Å². The molecule has 1 aliphatic carbocycles. The molecular formula is C18H23NO3S. The minimum absolute atomic E-state index is 0.0589. The van der Waals surface area contributed by atoms with Crippen molar-refractivity contribution in [3.05, 3.63) is 21.4 Å². The number of terminal acetylenes is 1. The van der Waals surface area contributed by atoms with Crippen molar-refractivity contribution in [3.63, 3.8) is 0 Å². The van der Waals surface area contributed by atoms with Crippen molar-refractivity contribution in [2.45, 2.75) is 57.8 Å². The molecule has 1 N–H and O–H groups in total. The van der Waals surface area contributed by atoms with Crippen LogP contribution in [0.25, 0.3) is 0 Å². The van der Waals surface area contributed by atoms with Crippen molar-refractivity contribution in [2.75, 3.05) is 6.54 Å². The first-order chi connectivity index (χ1) is 10.8. The highest BCUT2D eigenvalue weighted by molar-refractivity contribution is 7.12. The number of rotatable bonds is 2. The Morgan fingerprint density at radius 2 is 2.22 bits per heavy atom. The molecule has 1 aliphatic heterocycles. The molecule has 0 spiro atoms. The van der Waals surface area contributed by atoms with Gasteiger partial charge >= 0.3 is 6.09 Å². The molecule has 0 bridgehead atoms. The second-order valence-electron chi connectivity index (χ2n) is 7.30. The molecule has 1 fully saturated rings. The molecule has 2 unspecified atom stereocenters. The van der Waals surface area contributed by atoms with Gasteiger partial charge in [0.1, 0.15) is 11.7 Å². The Hall–Kier alpha value is -1.51. The summed E-state index contributed by atoms with van der Waals surface area (Å²) < 4.78 is 5.58. The molecule has 2 aliphatic rings. The molecule has 3 rings (SSSR count). The van der Waals surface area contributed by atoms with Crippen LogP contribution in [0.15, 0.2) is 6.07 Å². The molecular weight excluding hydrogens is 310 g/mol. The van der Waals surface area contributed by atoms with Crippen LogP contribution in [0.2, 0.25) is 0 Å². The lowest BCUT2D eigenvalue weighted by molar-refractivity contribution is 0.0118. The average Bonchev–Trinajstić information content (AvgIpc) is 3.21. The Morgan fingerprint density at radius 3 is 2.78 bits per heavy atom. The van der Waals surface area contributed by atoms with E-state index in [0.717, 1.165) is 29.7 Å². The monoisotopic (exact) mass is 333 g/mol. The van der Waals surface area contributed by atoms with E-state index < -0.39 is 11.7 Å². The zero-order chi connectivity index (χ0) is 16.8. The number of nitrogens with zero attached hydrogens (tertiary/aromatic N) is 1. The third-order valence-electron chi connectivity index (χ3n) is 4.22. The molecule has 1 saturated carbocycles. The number of hydrogen-bond donors (Lipinski definition) is 1. The molecule has 23 heavy (non-hydrogen) atoms. The first-order valence-electron chi connectivity index (χ1n) is 8.06. The maximum atomic E-state index is 12.6. The van der Waals surface area contributed by atoms with Gasteiger partial charge in [-0.1, -0.05) is 5.92 Å². The van der Waals surface area contributed by atoms with E-state index in [9.17, 15) is 9.90 Å². The summed E-state index contributed by atoms with van der Waals surface area (Å²) in [5, 5.41) is 9.92. The van der Waals surface area contributed by atoms with Crippen molar-refractivity contribution >= 4 is 17.4 Å². The standard InChI is InChI=1S/C18H23NO3S/c1-5-13(20)15-10-12-14(23-15)8-9-19(16(12)11-6-7-11)17(21)22-18(2,3)4/h1,10-11,13,16,20H,6-9H2,2-4H3. The summed E-state index contributed by atoms with van der Waals surface area (Å²) in [6, 6.07) is 2.05. The Balaban J connectivity index is 1.89. The van der Waals surface area contributed by atoms with Gasteiger partial charge in [0.05, 0.1) is 6.04 Å². The van der Waals surface area contributed by atoms with Gasteiger partial charge in [-0.25, -0.2) is 4.79 Å². The minimum Gasteiger partial charge on any atom is -0.444 e. The van der Waals surface area contributed by atoms with Gasteiger partial charge in [0.15, 0.2) is 0 Å². The Kier molecular flexibility index (Phi) is 4.16. The van der Waals surface area contributed by atoms with E-state index in [0.29, 0.717) is 12.5 Å². The molecule has 2 heterocycles. The van der Waals surface area contributed by atoms with Crippen molar-refractivity contribution in [1.82, 2.24) is 4.90 Å². The summed E-state index contributed by atoms with van der Waals surface area (Å²) in [6.07, 6.45) is 7.28. The molecule has 5 heteroatoms. The number of carbonyl (C=O) groups is 1. The lowest BCUT2D eigenvalue weighted by Crippen LogP contribution is -2.43. The zero-order valence-corrected chi connectivity index (χ0v) is 14.7. The van der Waals surface area contributed by atoms with Gasteiger partial charge in [0, 0.05) is 16.3 Å². The number of hydrogen-bond acceptors (Lipinski definition) is 4. The van der Waals surface area contributed by atoms with Gasteiger partial charge in [-0.2, -0.15) is 0 Å². The van der Waals surface area contributed by atoms with Crippen LogP contribution in [0.3, 0.4) is 0 Å². The van der Waals surface area contributed by atoms with Crippen LogP contribution in [-0.4, -0.2) is 28.2 Å². The predicted molar refractivity (Wildman–Crippen MR) is 90.2 cm³/mol. The van der Waals surface area contributed by atoms with Crippen LogP contribution in [0, 0.1) is 18.3 Å². The number of aliphatic hydroxyl groups excluding tert-OH is 1. The van der Waals surface area contributed by atoms with Gasteiger partial charge in [0.25, 0.3) is 0 Å². The van der Waals surface area contributed by atoms with E-state index in [4.69, 9.17) is 11.2 Å². The maximum Gasteiger partial charge on any atom is 0.410 e. The van der Waals surface area contributed by atoms with Gasteiger partial charge in [-0.05, 0) is 57.6 Å². The van der Waals surface area contributed by atoms with E-state index in [1.54, 1.807) is 11.3 Å². The summed E-state index contributed by atoms with van der Waals surface area (Å²) in [5.74, 6) is 2.87. The highest BCUT2D eigenvalue weighted by Gasteiger charge is 2.43. The minimum atomic E-state index is -0.861. The molecule has 0 aromatic carbocycles. The number of ether oxygens (including phenoxy) is 1. The topological polar surface area (TPSA) is 49.8 Å². The Morgan fingerprint density at radius 1 is 1.52 bits per heavy atom. The van der Waals surface area contributed by atoms with Crippen LogP contribution in [0.1, 0.15) is 61.1 Å². The SMILES string of the molecule is C#CC(O)c1cc2c(s1)CCN(C(=O)OC(C)(C)C)C2C1CC1. The Labute approximate surface area is 141 Å². The van der Waals surface area contributed by atoms with Crippen molar-refractivity contribution in [1.29, 1.82) is 0 Å². The molecule has 2 atom stereocenters. The molecule has 0 saturated heterocycles. The average molecular weight is 333 g/mol. The van der Waals surface area contributed by atoms with Crippen LogP contribution < -0.4 is 0 Å². The first-order valence-corrected chi connectivity index (χ1v) is 8.88. The van der Waals surface area contributed by atoms with Crippen molar-refractivity contribution in [2.24, 2.45) is 5.92 Å². The molecule has 1 aromatic heterocycles. The lowest BCUT2D eigenvalue weighted by Gasteiger charge is -2.37. The molecule has 4 nitrogen and oxygen atoms in total. The van der Waals surface area contributed by atoms with Crippen LogP contribution >= 0.6 is 11.3 Å². The normalized spacial score (nSPS) is 22.2. The van der Waals surface area contributed by atoms with Gasteiger partial charge < -0.3 is 14.7 Å². The number of fused-ring (bicyclic) bond motifs is 1. The third kappa shape index (κ3) is 3.39. The molecule has 1 aromatic rings. The zero-order valence-electron chi connectivity index (χ0n) is 13.8. The summed E-state index contributed by atoms with van der Waals surface area (Å²) in [4.78, 5) is 16.5. The van der Waals surface area contributed by atoms with E-state index >= 15 is 0 Å². The molecule has 0 radical (unpaired) electrons. The third-order valence-corrected chi connectivity index (χ3v) is 5.48. The summed E-state index contributed by atoms with van der Waals surface area (Å²) in [7, 11) is 0. The fourth-order valence-electron chi connectivity index (χ4n) is 3.10. The number of carbonyl (C=O) groups excluding carboxylic acids is 1. The largest absolute Gasteiger partial charge is 0.444 e. The maximum absolute atomic E-state index is 12.6. The Bertz CT molecular complexity index is 648. The summed E-state index contributed by atoms with van der Waals surface area (Å²) in [5.41, 5.74) is 0.657. The van der Waals surface area contributed by atoms with E-state index in [-0.39, 0.29) is 12.1 Å². The highest BCUT2D eigenvalue weighted by atomic mass is 32.1.